The number of rotatable bonds is 2. The minimum Gasteiger partial charge on any atom is -0.347 e. The zero-order valence-corrected chi connectivity index (χ0v) is 8.61. The molecule has 2 rings (SSSR count). The van der Waals surface area contributed by atoms with E-state index in [0.29, 0.717) is 11.5 Å². The summed E-state index contributed by atoms with van der Waals surface area (Å²) in [6, 6.07) is 3.73. The molecule has 0 atom stereocenters. The standard InChI is InChI=1S/C10H12N4O/c1-6(2)12-10(15)9-13-7-4-3-5-11-8(7)14-9/h3-6H,1-2H3,(H,12,15)(H,11,13,14). The lowest BCUT2D eigenvalue weighted by molar-refractivity contribution is 0.0934. The third kappa shape index (κ3) is 1.96. The molecule has 0 spiro atoms. The summed E-state index contributed by atoms with van der Waals surface area (Å²) in [5.74, 6) is 0.0976. The highest BCUT2D eigenvalue weighted by molar-refractivity contribution is 5.93. The first-order valence-electron chi connectivity index (χ1n) is 4.78. The van der Waals surface area contributed by atoms with Crippen molar-refractivity contribution in [1.82, 2.24) is 20.3 Å². The summed E-state index contributed by atoms with van der Waals surface area (Å²) in [7, 11) is 0. The normalized spacial score (nSPS) is 10.9. The topological polar surface area (TPSA) is 70.7 Å². The monoisotopic (exact) mass is 204 g/mol. The lowest BCUT2D eigenvalue weighted by Crippen LogP contribution is -2.30. The van der Waals surface area contributed by atoms with Gasteiger partial charge in [0.15, 0.2) is 11.5 Å². The SMILES string of the molecule is CC(C)NC(=O)c1nc2ncccc2[nH]1. The number of nitrogens with zero attached hydrogens (tertiary/aromatic N) is 2. The van der Waals surface area contributed by atoms with Crippen LogP contribution in [0.15, 0.2) is 18.3 Å². The van der Waals surface area contributed by atoms with Gasteiger partial charge in [-0.3, -0.25) is 4.79 Å². The molecule has 5 heteroatoms. The molecule has 0 radical (unpaired) electrons. The molecule has 5 nitrogen and oxygen atoms in total. The first kappa shape index (κ1) is 9.64. The number of nitrogens with one attached hydrogen (secondary N) is 2. The summed E-state index contributed by atoms with van der Waals surface area (Å²) in [5, 5.41) is 2.76. The van der Waals surface area contributed by atoms with E-state index >= 15 is 0 Å². The van der Waals surface area contributed by atoms with Gasteiger partial charge < -0.3 is 10.3 Å². The van der Waals surface area contributed by atoms with Gasteiger partial charge in [-0.05, 0) is 26.0 Å². The van der Waals surface area contributed by atoms with Crippen LogP contribution in [0.4, 0.5) is 0 Å². The van der Waals surface area contributed by atoms with Crippen molar-refractivity contribution in [1.29, 1.82) is 0 Å². The summed E-state index contributed by atoms with van der Waals surface area (Å²) in [6.07, 6.45) is 1.65. The molecule has 0 bridgehead atoms. The second-order valence-electron chi connectivity index (χ2n) is 3.59. The molecule has 0 unspecified atom stereocenters. The van der Waals surface area contributed by atoms with Crippen LogP contribution in [0, 0.1) is 0 Å². The summed E-state index contributed by atoms with van der Waals surface area (Å²) in [5.41, 5.74) is 1.33. The number of fused-ring (bicyclic) bond motifs is 1. The number of carbonyl (C=O) groups is 1. The lowest BCUT2D eigenvalue weighted by atomic mass is 10.4. The van der Waals surface area contributed by atoms with Gasteiger partial charge >= 0.3 is 0 Å². The average Bonchev–Trinajstić information content (AvgIpc) is 2.59. The third-order valence-corrected chi connectivity index (χ3v) is 1.89. The minimum absolute atomic E-state index is 0.0960. The van der Waals surface area contributed by atoms with Crippen molar-refractivity contribution in [2.75, 3.05) is 0 Å². The van der Waals surface area contributed by atoms with E-state index in [2.05, 4.69) is 20.3 Å². The predicted octanol–water partition coefficient (Wildman–Crippen LogP) is 1.10. The molecular formula is C10H12N4O. The van der Waals surface area contributed by atoms with Crippen molar-refractivity contribution in [3.8, 4) is 0 Å². The maximum atomic E-state index is 11.6. The number of carbonyl (C=O) groups excluding carboxylic acids is 1. The Morgan fingerprint density at radius 1 is 1.53 bits per heavy atom. The number of aromatic nitrogens is 3. The molecule has 78 valence electrons. The van der Waals surface area contributed by atoms with Crippen LogP contribution in [-0.2, 0) is 0 Å². The van der Waals surface area contributed by atoms with Gasteiger partial charge in [-0.2, -0.15) is 0 Å². The number of pyridine rings is 1. The Morgan fingerprint density at radius 3 is 3.00 bits per heavy atom. The Morgan fingerprint density at radius 2 is 2.33 bits per heavy atom. The summed E-state index contributed by atoms with van der Waals surface area (Å²) < 4.78 is 0. The molecule has 0 saturated heterocycles. The molecule has 2 aromatic heterocycles. The number of hydrogen-bond acceptors (Lipinski definition) is 3. The summed E-state index contributed by atoms with van der Waals surface area (Å²) in [4.78, 5) is 22.6. The Labute approximate surface area is 86.9 Å². The number of H-pyrrole nitrogens is 1. The van der Waals surface area contributed by atoms with Crippen LogP contribution in [0.5, 0.6) is 0 Å². The van der Waals surface area contributed by atoms with E-state index in [-0.39, 0.29) is 11.9 Å². The maximum absolute atomic E-state index is 11.6. The van der Waals surface area contributed by atoms with Gasteiger partial charge in [0.25, 0.3) is 5.91 Å². The van der Waals surface area contributed by atoms with Crippen LogP contribution in [-0.4, -0.2) is 26.9 Å². The molecule has 1 amide bonds. The van der Waals surface area contributed by atoms with Gasteiger partial charge in [0.2, 0.25) is 0 Å². The van der Waals surface area contributed by atoms with Crippen molar-refractivity contribution in [3.05, 3.63) is 24.2 Å². The van der Waals surface area contributed by atoms with E-state index in [9.17, 15) is 4.79 Å². The molecular weight excluding hydrogens is 192 g/mol. The fraction of sp³-hybridized carbons (Fsp3) is 0.300. The van der Waals surface area contributed by atoms with Gasteiger partial charge in [0, 0.05) is 12.2 Å². The first-order chi connectivity index (χ1) is 7.16. The highest BCUT2D eigenvalue weighted by atomic mass is 16.2. The van der Waals surface area contributed by atoms with Gasteiger partial charge in [-0.15, -0.1) is 0 Å². The molecule has 0 fully saturated rings. The molecule has 2 aromatic rings. The van der Waals surface area contributed by atoms with Crippen LogP contribution in [0.2, 0.25) is 0 Å². The average molecular weight is 204 g/mol. The Hall–Kier alpha value is -1.91. The molecule has 2 N–H and O–H groups in total. The van der Waals surface area contributed by atoms with Gasteiger partial charge in [-0.25, -0.2) is 9.97 Å². The van der Waals surface area contributed by atoms with Crippen molar-refractivity contribution < 1.29 is 4.79 Å². The molecule has 2 heterocycles. The first-order valence-corrected chi connectivity index (χ1v) is 4.78. The molecule has 0 aliphatic carbocycles. The maximum Gasteiger partial charge on any atom is 0.287 e. The van der Waals surface area contributed by atoms with Crippen LogP contribution in [0.25, 0.3) is 11.2 Å². The fourth-order valence-electron chi connectivity index (χ4n) is 1.28. The number of hydrogen-bond donors (Lipinski definition) is 2. The summed E-state index contributed by atoms with van der Waals surface area (Å²) >= 11 is 0. The van der Waals surface area contributed by atoms with Crippen LogP contribution in [0.1, 0.15) is 24.5 Å². The third-order valence-electron chi connectivity index (χ3n) is 1.89. The smallest absolute Gasteiger partial charge is 0.287 e. The van der Waals surface area contributed by atoms with E-state index in [4.69, 9.17) is 0 Å². The Kier molecular flexibility index (Phi) is 2.37. The molecule has 0 saturated carbocycles. The molecule has 0 aliphatic heterocycles. The Balaban J connectivity index is 2.32. The second kappa shape index (κ2) is 3.68. The predicted molar refractivity (Wildman–Crippen MR) is 56.5 cm³/mol. The Bertz CT molecular complexity index is 456. The van der Waals surface area contributed by atoms with Gasteiger partial charge in [0.05, 0.1) is 5.52 Å². The highest BCUT2D eigenvalue weighted by Gasteiger charge is 2.11. The van der Waals surface area contributed by atoms with Crippen LogP contribution >= 0.6 is 0 Å². The number of imidazole rings is 1. The van der Waals surface area contributed by atoms with Crippen LogP contribution in [0.3, 0.4) is 0 Å². The minimum atomic E-state index is -0.206. The second-order valence-corrected chi connectivity index (χ2v) is 3.59. The molecule has 0 aromatic carbocycles. The zero-order chi connectivity index (χ0) is 10.8. The van der Waals surface area contributed by atoms with E-state index in [1.165, 1.54) is 0 Å². The van der Waals surface area contributed by atoms with E-state index in [0.717, 1.165) is 5.52 Å². The quantitative estimate of drug-likeness (QED) is 0.769. The highest BCUT2D eigenvalue weighted by Crippen LogP contribution is 2.07. The van der Waals surface area contributed by atoms with Gasteiger partial charge in [0.1, 0.15) is 0 Å². The summed E-state index contributed by atoms with van der Waals surface area (Å²) in [6.45, 7) is 3.80. The van der Waals surface area contributed by atoms with E-state index in [1.807, 2.05) is 19.9 Å². The fourth-order valence-corrected chi connectivity index (χ4v) is 1.28. The van der Waals surface area contributed by atoms with Gasteiger partial charge in [-0.1, -0.05) is 0 Å². The van der Waals surface area contributed by atoms with Crippen molar-refractivity contribution in [2.24, 2.45) is 0 Å². The zero-order valence-electron chi connectivity index (χ0n) is 8.61. The molecule has 15 heavy (non-hydrogen) atoms. The largest absolute Gasteiger partial charge is 0.347 e. The van der Waals surface area contributed by atoms with Crippen molar-refractivity contribution in [2.45, 2.75) is 19.9 Å². The number of aromatic amines is 1. The number of amides is 1. The molecule has 0 aliphatic rings. The van der Waals surface area contributed by atoms with E-state index in [1.54, 1.807) is 12.3 Å². The van der Waals surface area contributed by atoms with Crippen LogP contribution < -0.4 is 5.32 Å². The van der Waals surface area contributed by atoms with Crippen molar-refractivity contribution >= 4 is 17.1 Å². The van der Waals surface area contributed by atoms with E-state index < -0.39 is 0 Å². The lowest BCUT2D eigenvalue weighted by Gasteiger charge is -2.04. The van der Waals surface area contributed by atoms with Crippen molar-refractivity contribution in [3.63, 3.8) is 0 Å².